The average Bonchev–Trinajstić information content (AvgIpc) is 2.63. The summed E-state index contributed by atoms with van der Waals surface area (Å²) in [5.41, 5.74) is 5.88. The number of carbonyl (C=O) groups is 1. The van der Waals surface area contributed by atoms with Gasteiger partial charge in [0.15, 0.2) is 0 Å². The van der Waals surface area contributed by atoms with Crippen LogP contribution in [0.15, 0.2) is 12.4 Å². The Balaban J connectivity index is 2.17. The molecule has 1 atom stereocenters. The van der Waals surface area contributed by atoms with E-state index in [4.69, 9.17) is 5.73 Å². The summed E-state index contributed by atoms with van der Waals surface area (Å²) in [6.45, 7) is 2.95. The molecular formula is C13H20N4O. The zero-order valence-corrected chi connectivity index (χ0v) is 10.8. The van der Waals surface area contributed by atoms with Gasteiger partial charge in [-0.15, -0.1) is 0 Å². The third-order valence-corrected chi connectivity index (χ3v) is 3.50. The third kappa shape index (κ3) is 2.78. The van der Waals surface area contributed by atoms with E-state index in [1.165, 1.54) is 25.2 Å². The van der Waals surface area contributed by atoms with Crippen LogP contribution in [0.1, 0.15) is 49.5 Å². The fraction of sp³-hybridized carbons (Fsp3) is 0.615. The molecule has 5 nitrogen and oxygen atoms in total. The molecule has 0 radical (unpaired) electrons. The van der Waals surface area contributed by atoms with Crippen LogP contribution in [0.2, 0.25) is 0 Å². The molecule has 0 aliphatic carbocycles. The van der Waals surface area contributed by atoms with Gasteiger partial charge in [0.05, 0.1) is 12.4 Å². The zero-order valence-electron chi connectivity index (χ0n) is 10.8. The zero-order chi connectivity index (χ0) is 13.0. The fourth-order valence-electron chi connectivity index (χ4n) is 2.46. The molecule has 1 fully saturated rings. The Bertz CT molecular complexity index is 404. The highest BCUT2D eigenvalue weighted by Crippen LogP contribution is 2.20. The summed E-state index contributed by atoms with van der Waals surface area (Å²) in [7, 11) is 0. The van der Waals surface area contributed by atoms with Gasteiger partial charge in [0.1, 0.15) is 11.5 Å². The third-order valence-electron chi connectivity index (χ3n) is 3.50. The van der Waals surface area contributed by atoms with Crippen molar-refractivity contribution in [1.29, 1.82) is 0 Å². The van der Waals surface area contributed by atoms with E-state index in [2.05, 4.69) is 16.9 Å². The maximum absolute atomic E-state index is 12.4. The van der Waals surface area contributed by atoms with Gasteiger partial charge in [0, 0.05) is 12.6 Å². The molecule has 98 valence electrons. The van der Waals surface area contributed by atoms with Crippen LogP contribution >= 0.6 is 0 Å². The van der Waals surface area contributed by atoms with Gasteiger partial charge in [-0.1, -0.05) is 19.8 Å². The van der Waals surface area contributed by atoms with Crippen molar-refractivity contribution in [3.05, 3.63) is 18.1 Å². The van der Waals surface area contributed by atoms with Crippen molar-refractivity contribution in [2.45, 2.75) is 45.1 Å². The second-order valence-corrected chi connectivity index (χ2v) is 4.74. The van der Waals surface area contributed by atoms with E-state index in [1.807, 2.05) is 4.90 Å². The Hall–Kier alpha value is -1.65. The molecule has 0 bridgehead atoms. The van der Waals surface area contributed by atoms with Crippen LogP contribution in [0.5, 0.6) is 0 Å². The number of hydrogen-bond acceptors (Lipinski definition) is 4. The van der Waals surface area contributed by atoms with Crippen LogP contribution < -0.4 is 5.73 Å². The molecule has 1 aliphatic rings. The summed E-state index contributed by atoms with van der Waals surface area (Å²) in [6, 6.07) is 0.333. The van der Waals surface area contributed by atoms with Crippen LogP contribution in [0.3, 0.4) is 0 Å². The van der Waals surface area contributed by atoms with Gasteiger partial charge < -0.3 is 10.6 Å². The van der Waals surface area contributed by atoms with Crippen LogP contribution in [-0.2, 0) is 0 Å². The van der Waals surface area contributed by atoms with E-state index < -0.39 is 0 Å². The number of aromatic nitrogens is 2. The average molecular weight is 248 g/mol. The lowest BCUT2D eigenvalue weighted by Crippen LogP contribution is -2.40. The largest absolute Gasteiger partial charge is 0.382 e. The van der Waals surface area contributed by atoms with Crippen LogP contribution in [0.4, 0.5) is 5.82 Å². The SMILES string of the molecule is CCC1CCCCCN1C(=O)c1cnc(N)cn1. The fourth-order valence-corrected chi connectivity index (χ4v) is 2.46. The smallest absolute Gasteiger partial charge is 0.274 e. The number of carbonyl (C=O) groups excluding carboxylic acids is 1. The highest BCUT2D eigenvalue weighted by Gasteiger charge is 2.25. The molecule has 1 amide bonds. The molecule has 2 N–H and O–H groups in total. The number of nitrogen functional groups attached to an aromatic ring is 1. The molecule has 1 aliphatic heterocycles. The van der Waals surface area contributed by atoms with Gasteiger partial charge in [0.2, 0.25) is 0 Å². The minimum atomic E-state index is -0.0174. The molecule has 0 spiro atoms. The molecule has 0 aromatic carbocycles. The highest BCUT2D eigenvalue weighted by molar-refractivity contribution is 5.92. The maximum Gasteiger partial charge on any atom is 0.274 e. The first-order valence-corrected chi connectivity index (χ1v) is 6.61. The standard InChI is InChI=1S/C13H20N4O/c1-2-10-6-4-3-5-7-17(10)13(18)11-8-16-12(14)9-15-11/h8-10H,2-7H2,1H3,(H2,14,16). The Labute approximate surface area is 107 Å². The van der Waals surface area contributed by atoms with Crippen molar-refractivity contribution in [2.24, 2.45) is 0 Å². The predicted molar refractivity (Wildman–Crippen MR) is 70.0 cm³/mol. The monoisotopic (exact) mass is 248 g/mol. The minimum Gasteiger partial charge on any atom is -0.382 e. The topological polar surface area (TPSA) is 72.1 Å². The Morgan fingerprint density at radius 2 is 2.22 bits per heavy atom. The van der Waals surface area contributed by atoms with E-state index in [9.17, 15) is 4.79 Å². The van der Waals surface area contributed by atoms with E-state index >= 15 is 0 Å². The molecule has 1 aromatic rings. The van der Waals surface area contributed by atoms with Crippen molar-refractivity contribution in [3.8, 4) is 0 Å². The molecule has 18 heavy (non-hydrogen) atoms. The van der Waals surface area contributed by atoms with Crippen LogP contribution in [0.25, 0.3) is 0 Å². The van der Waals surface area contributed by atoms with Crippen molar-refractivity contribution in [3.63, 3.8) is 0 Å². The second kappa shape index (κ2) is 5.80. The summed E-state index contributed by atoms with van der Waals surface area (Å²) in [5, 5.41) is 0. The Kier molecular flexibility index (Phi) is 4.12. The summed E-state index contributed by atoms with van der Waals surface area (Å²) >= 11 is 0. The van der Waals surface area contributed by atoms with Crippen molar-refractivity contribution < 1.29 is 4.79 Å². The molecule has 1 unspecified atom stereocenters. The first kappa shape index (κ1) is 12.8. The van der Waals surface area contributed by atoms with Crippen molar-refractivity contribution in [1.82, 2.24) is 14.9 Å². The number of amides is 1. The van der Waals surface area contributed by atoms with Crippen LogP contribution in [0, 0.1) is 0 Å². The summed E-state index contributed by atoms with van der Waals surface area (Å²) < 4.78 is 0. The van der Waals surface area contributed by atoms with Gasteiger partial charge >= 0.3 is 0 Å². The number of nitrogens with zero attached hydrogens (tertiary/aromatic N) is 3. The first-order chi connectivity index (χ1) is 8.72. The number of likely N-dealkylation sites (tertiary alicyclic amines) is 1. The van der Waals surface area contributed by atoms with Gasteiger partial charge in [-0.2, -0.15) is 0 Å². The van der Waals surface area contributed by atoms with Crippen LogP contribution in [-0.4, -0.2) is 33.4 Å². The minimum absolute atomic E-state index is 0.0174. The molecule has 1 saturated heterocycles. The normalized spacial score (nSPS) is 20.5. The highest BCUT2D eigenvalue weighted by atomic mass is 16.2. The van der Waals surface area contributed by atoms with E-state index in [0.29, 0.717) is 17.6 Å². The first-order valence-electron chi connectivity index (χ1n) is 6.61. The summed E-state index contributed by atoms with van der Waals surface area (Å²) in [6.07, 6.45) is 8.47. The lowest BCUT2D eigenvalue weighted by atomic mass is 10.1. The molecule has 5 heteroatoms. The van der Waals surface area contributed by atoms with Gasteiger partial charge in [-0.05, 0) is 19.3 Å². The quantitative estimate of drug-likeness (QED) is 0.867. The van der Waals surface area contributed by atoms with Gasteiger partial charge in [0.25, 0.3) is 5.91 Å². The molecule has 1 aromatic heterocycles. The van der Waals surface area contributed by atoms with E-state index in [-0.39, 0.29) is 5.91 Å². The molecular weight excluding hydrogens is 228 g/mol. The summed E-state index contributed by atoms with van der Waals surface area (Å²) in [5.74, 6) is 0.325. The molecule has 0 saturated carbocycles. The van der Waals surface area contributed by atoms with Crippen molar-refractivity contribution in [2.75, 3.05) is 12.3 Å². The second-order valence-electron chi connectivity index (χ2n) is 4.74. The molecule has 2 heterocycles. The lowest BCUT2D eigenvalue weighted by Gasteiger charge is -2.28. The van der Waals surface area contributed by atoms with E-state index in [1.54, 1.807) is 0 Å². The number of nitrogens with two attached hydrogens (primary N) is 1. The lowest BCUT2D eigenvalue weighted by molar-refractivity contribution is 0.0671. The Morgan fingerprint density at radius 3 is 2.89 bits per heavy atom. The van der Waals surface area contributed by atoms with Crippen molar-refractivity contribution >= 4 is 11.7 Å². The van der Waals surface area contributed by atoms with E-state index in [0.717, 1.165) is 25.8 Å². The van der Waals surface area contributed by atoms with Gasteiger partial charge in [-0.25, -0.2) is 9.97 Å². The molecule has 2 rings (SSSR count). The number of hydrogen-bond donors (Lipinski definition) is 1. The Morgan fingerprint density at radius 1 is 1.39 bits per heavy atom. The maximum atomic E-state index is 12.4. The summed E-state index contributed by atoms with van der Waals surface area (Å²) in [4.78, 5) is 22.4. The number of rotatable bonds is 2. The number of anilines is 1. The van der Waals surface area contributed by atoms with Gasteiger partial charge in [-0.3, -0.25) is 4.79 Å². The predicted octanol–water partition coefficient (Wildman–Crippen LogP) is 1.85.